The van der Waals surface area contributed by atoms with Crippen molar-refractivity contribution in [1.82, 2.24) is 10.3 Å². The van der Waals surface area contributed by atoms with Crippen LogP contribution in [0.1, 0.15) is 0 Å². The summed E-state index contributed by atoms with van der Waals surface area (Å²) in [6.07, 6.45) is 2.79. The molecular weight excluding hydrogens is 306 g/mol. The molecule has 1 aliphatic rings. The van der Waals surface area contributed by atoms with Crippen LogP contribution in [0.2, 0.25) is 0 Å². The molecule has 98 valence electrons. The van der Waals surface area contributed by atoms with E-state index in [0.29, 0.717) is 6.54 Å². The molecule has 19 heavy (non-hydrogen) atoms. The third-order valence-corrected chi connectivity index (χ3v) is 3.87. The van der Waals surface area contributed by atoms with Crippen LogP contribution in [0, 0.1) is 0 Å². The lowest BCUT2D eigenvalue weighted by atomic mass is 10.1. The van der Waals surface area contributed by atoms with Crippen molar-refractivity contribution in [3.05, 3.63) is 34.9 Å². The first-order valence-electron chi connectivity index (χ1n) is 6.26. The van der Waals surface area contributed by atoms with Crippen LogP contribution in [0.3, 0.4) is 0 Å². The van der Waals surface area contributed by atoms with E-state index in [1.807, 2.05) is 18.3 Å². The van der Waals surface area contributed by atoms with Crippen LogP contribution in [-0.4, -0.2) is 36.9 Å². The Balaban J connectivity index is 2.04. The molecule has 1 N–H and O–H groups in total. The quantitative estimate of drug-likeness (QED) is 0.860. The maximum absolute atomic E-state index is 10.9. The lowest BCUT2D eigenvalue weighted by molar-refractivity contribution is -0.109. The minimum Gasteiger partial charge on any atom is -0.353 e. The fourth-order valence-corrected chi connectivity index (χ4v) is 2.80. The van der Waals surface area contributed by atoms with Gasteiger partial charge in [0.05, 0.1) is 6.04 Å². The van der Waals surface area contributed by atoms with Gasteiger partial charge < -0.3 is 15.0 Å². The Morgan fingerprint density at radius 2 is 2.32 bits per heavy atom. The number of carbonyl (C=O) groups excluding carboxylic acids is 1. The van der Waals surface area contributed by atoms with Crippen molar-refractivity contribution in [2.75, 3.05) is 24.5 Å². The summed E-state index contributed by atoms with van der Waals surface area (Å²) in [4.78, 5) is 17.6. The SMILES string of the molecule is O=CC1CN(c2nccc3ccc(Br)cc23)CCN1. The number of aromatic nitrogens is 1. The average Bonchev–Trinajstić information content (AvgIpc) is 2.46. The molecule has 1 atom stereocenters. The zero-order chi connectivity index (χ0) is 13.2. The Labute approximate surface area is 119 Å². The molecule has 2 aromatic rings. The third kappa shape index (κ3) is 2.48. The first-order chi connectivity index (χ1) is 9.28. The van der Waals surface area contributed by atoms with Crippen LogP contribution in [0.25, 0.3) is 10.8 Å². The van der Waals surface area contributed by atoms with E-state index in [9.17, 15) is 4.79 Å². The number of piperazine rings is 1. The van der Waals surface area contributed by atoms with Crippen molar-refractivity contribution in [2.24, 2.45) is 0 Å². The number of rotatable bonds is 2. The van der Waals surface area contributed by atoms with Crippen molar-refractivity contribution in [1.29, 1.82) is 0 Å². The van der Waals surface area contributed by atoms with Gasteiger partial charge >= 0.3 is 0 Å². The Morgan fingerprint density at radius 1 is 1.42 bits per heavy atom. The normalized spacial score (nSPS) is 19.6. The summed E-state index contributed by atoms with van der Waals surface area (Å²) in [6.45, 7) is 2.33. The van der Waals surface area contributed by atoms with Crippen LogP contribution in [0.15, 0.2) is 34.9 Å². The van der Waals surface area contributed by atoms with E-state index in [4.69, 9.17) is 0 Å². The van der Waals surface area contributed by atoms with E-state index in [2.05, 4.69) is 43.3 Å². The highest BCUT2D eigenvalue weighted by Gasteiger charge is 2.21. The van der Waals surface area contributed by atoms with Crippen molar-refractivity contribution in [3.8, 4) is 0 Å². The Morgan fingerprint density at radius 3 is 3.16 bits per heavy atom. The summed E-state index contributed by atoms with van der Waals surface area (Å²) in [5.41, 5.74) is 0. The van der Waals surface area contributed by atoms with E-state index in [1.165, 1.54) is 0 Å². The van der Waals surface area contributed by atoms with E-state index < -0.39 is 0 Å². The average molecular weight is 320 g/mol. The Hall–Kier alpha value is -1.46. The van der Waals surface area contributed by atoms with Gasteiger partial charge in [0.25, 0.3) is 0 Å². The number of nitrogens with one attached hydrogen (secondary N) is 1. The number of aldehydes is 1. The van der Waals surface area contributed by atoms with Crippen molar-refractivity contribution < 1.29 is 4.79 Å². The highest BCUT2D eigenvalue weighted by Crippen LogP contribution is 2.27. The maximum atomic E-state index is 10.9. The first-order valence-corrected chi connectivity index (χ1v) is 7.05. The van der Waals surface area contributed by atoms with Gasteiger partial charge in [-0.1, -0.05) is 22.0 Å². The van der Waals surface area contributed by atoms with Gasteiger partial charge in [-0.2, -0.15) is 0 Å². The van der Waals surface area contributed by atoms with E-state index in [0.717, 1.165) is 40.4 Å². The third-order valence-electron chi connectivity index (χ3n) is 3.38. The van der Waals surface area contributed by atoms with Crippen LogP contribution >= 0.6 is 15.9 Å². The molecule has 1 aliphatic heterocycles. The fraction of sp³-hybridized carbons (Fsp3) is 0.286. The molecule has 5 heteroatoms. The number of pyridine rings is 1. The molecule has 1 aromatic carbocycles. The molecule has 4 nitrogen and oxygen atoms in total. The molecule has 0 bridgehead atoms. The van der Waals surface area contributed by atoms with Crippen LogP contribution < -0.4 is 10.2 Å². The number of carbonyl (C=O) groups is 1. The Kier molecular flexibility index (Phi) is 3.48. The van der Waals surface area contributed by atoms with Gasteiger partial charge in [0, 0.05) is 35.7 Å². The number of hydrogen-bond acceptors (Lipinski definition) is 4. The predicted molar refractivity (Wildman–Crippen MR) is 79.5 cm³/mol. The van der Waals surface area contributed by atoms with E-state index in [-0.39, 0.29) is 6.04 Å². The molecule has 2 heterocycles. The zero-order valence-corrected chi connectivity index (χ0v) is 11.9. The molecule has 3 rings (SSSR count). The van der Waals surface area contributed by atoms with Crippen LogP contribution in [0.4, 0.5) is 5.82 Å². The number of fused-ring (bicyclic) bond motifs is 1. The van der Waals surface area contributed by atoms with Crippen LogP contribution in [-0.2, 0) is 4.79 Å². The highest BCUT2D eigenvalue weighted by atomic mass is 79.9. The molecule has 0 radical (unpaired) electrons. The van der Waals surface area contributed by atoms with Crippen molar-refractivity contribution in [2.45, 2.75) is 6.04 Å². The van der Waals surface area contributed by atoms with Gasteiger partial charge in [-0.3, -0.25) is 0 Å². The lowest BCUT2D eigenvalue weighted by Gasteiger charge is -2.32. The number of nitrogens with zero attached hydrogens (tertiary/aromatic N) is 2. The largest absolute Gasteiger partial charge is 0.353 e. The second kappa shape index (κ2) is 5.27. The molecule has 0 spiro atoms. The van der Waals surface area contributed by atoms with Crippen LogP contribution in [0.5, 0.6) is 0 Å². The van der Waals surface area contributed by atoms with Gasteiger partial charge in [0.15, 0.2) is 0 Å². The smallest absolute Gasteiger partial charge is 0.138 e. The molecule has 0 amide bonds. The number of hydrogen-bond donors (Lipinski definition) is 1. The second-order valence-electron chi connectivity index (χ2n) is 4.64. The molecule has 1 unspecified atom stereocenters. The second-order valence-corrected chi connectivity index (χ2v) is 5.56. The van der Waals surface area contributed by atoms with E-state index in [1.54, 1.807) is 0 Å². The molecule has 1 aromatic heterocycles. The van der Waals surface area contributed by atoms with E-state index >= 15 is 0 Å². The number of halogens is 1. The molecule has 1 fully saturated rings. The number of benzene rings is 1. The summed E-state index contributed by atoms with van der Waals surface area (Å²) in [7, 11) is 0. The molecule has 0 aliphatic carbocycles. The first kappa shape index (κ1) is 12.6. The molecule has 1 saturated heterocycles. The maximum Gasteiger partial charge on any atom is 0.138 e. The Bertz CT molecular complexity index is 617. The van der Waals surface area contributed by atoms with Crippen molar-refractivity contribution in [3.63, 3.8) is 0 Å². The summed E-state index contributed by atoms with van der Waals surface area (Å²) < 4.78 is 1.04. The number of anilines is 1. The fourth-order valence-electron chi connectivity index (χ4n) is 2.44. The van der Waals surface area contributed by atoms with Gasteiger partial charge in [-0.15, -0.1) is 0 Å². The van der Waals surface area contributed by atoms with Gasteiger partial charge in [-0.05, 0) is 23.6 Å². The highest BCUT2D eigenvalue weighted by molar-refractivity contribution is 9.10. The van der Waals surface area contributed by atoms with Gasteiger partial charge in [0.1, 0.15) is 12.1 Å². The molecule has 0 saturated carbocycles. The summed E-state index contributed by atoms with van der Waals surface area (Å²) in [6, 6.07) is 8.07. The molecular formula is C14H14BrN3O. The summed E-state index contributed by atoms with van der Waals surface area (Å²) >= 11 is 3.50. The van der Waals surface area contributed by atoms with Gasteiger partial charge in [0.2, 0.25) is 0 Å². The minimum absolute atomic E-state index is 0.113. The van der Waals surface area contributed by atoms with Crippen molar-refractivity contribution >= 4 is 38.8 Å². The lowest BCUT2D eigenvalue weighted by Crippen LogP contribution is -2.51. The topological polar surface area (TPSA) is 45.2 Å². The predicted octanol–water partition coefficient (Wildman–Crippen LogP) is 1.97. The summed E-state index contributed by atoms with van der Waals surface area (Å²) in [5.74, 6) is 0.951. The minimum atomic E-state index is -0.113. The standard InChI is InChI=1S/C14H14BrN3O/c15-11-2-1-10-3-4-17-14(13(10)7-11)18-6-5-16-12(8-18)9-19/h1-4,7,9,12,16H,5-6,8H2. The summed E-state index contributed by atoms with van der Waals surface area (Å²) in [5, 5.41) is 5.46. The monoisotopic (exact) mass is 319 g/mol. The zero-order valence-electron chi connectivity index (χ0n) is 10.3. The van der Waals surface area contributed by atoms with Gasteiger partial charge in [-0.25, -0.2) is 4.98 Å².